The van der Waals surface area contributed by atoms with Crippen molar-refractivity contribution in [2.45, 2.75) is 0 Å². The van der Waals surface area contributed by atoms with Crippen LogP contribution in [0.15, 0.2) is 108 Å². The lowest BCUT2D eigenvalue weighted by Crippen LogP contribution is -1.89. The second-order valence-electron chi connectivity index (χ2n) is 6.18. The summed E-state index contributed by atoms with van der Waals surface area (Å²) in [6.45, 7) is 0. The van der Waals surface area contributed by atoms with Crippen LogP contribution in [0.2, 0.25) is 0 Å². The normalized spacial score (nSPS) is 10.4. The molecule has 0 saturated carbocycles. The van der Waals surface area contributed by atoms with E-state index in [4.69, 9.17) is 10.2 Å². The molecule has 0 aliphatic carbocycles. The van der Waals surface area contributed by atoms with Gasteiger partial charge in [-0.05, 0) is 42.5 Å². The molecule has 3 nitrogen and oxygen atoms in total. The van der Waals surface area contributed by atoms with Crippen molar-refractivity contribution >= 4 is 39.0 Å². The summed E-state index contributed by atoms with van der Waals surface area (Å²) in [6, 6.07) is 33.9. The number of hydrogen-bond acceptors (Lipinski definition) is 3. The van der Waals surface area contributed by atoms with Crippen LogP contribution in [0.25, 0.3) is 21.9 Å². The van der Waals surface area contributed by atoms with E-state index in [0.717, 1.165) is 39.0 Å². The quantitative estimate of drug-likeness (QED) is 0.352. The maximum atomic E-state index is 5.89. The Morgan fingerprint density at radius 2 is 1.22 bits per heavy atom. The first kappa shape index (κ1) is 16.7. The molecular weight excluding hydrogens is 332 g/mol. The highest BCUT2D eigenvalue weighted by Crippen LogP contribution is 2.35. The van der Waals surface area contributed by atoms with Crippen LogP contribution in [-0.2, 0) is 0 Å². The predicted octanol–water partition coefficient (Wildman–Crippen LogP) is 6.60. The molecule has 0 atom stereocenters. The first-order chi connectivity index (χ1) is 13.3. The van der Waals surface area contributed by atoms with Crippen LogP contribution in [0.5, 0.6) is 0 Å². The number of nitrogens with one attached hydrogen (secondary N) is 1. The summed E-state index contributed by atoms with van der Waals surface area (Å²) in [4.78, 5) is 0. The van der Waals surface area contributed by atoms with Crippen molar-refractivity contribution in [1.29, 1.82) is 0 Å². The summed E-state index contributed by atoms with van der Waals surface area (Å²) >= 11 is 0. The molecule has 1 heterocycles. The van der Waals surface area contributed by atoms with Gasteiger partial charge in [0.25, 0.3) is 0 Å². The van der Waals surface area contributed by atoms with E-state index >= 15 is 0 Å². The molecule has 0 aliphatic heterocycles. The minimum atomic E-state index is 0.822. The molecule has 0 unspecified atom stereocenters. The number of anilines is 3. The zero-order valence-corrected chi connectivity index (χ0v) is 14.8. The van der Waals surface area contributed by atoms with Gasteiger partial charge < -0.3 is 15.5 Å². The number of nitrogen functional groups attached to an aromatic ring is 1. The van der Waals surface area contributed by atoms with Gasteiger partial charge in [0.05, 0.1) is 11.1 Å². The highest BCUT2D eigenvalue weighted by Gasteiger charge is 2.10. The SMILES string of the molecule is Nc1ccccc1.c1ccc(Nc2cccc3oc4ccccc4c23)cc1. The monoisotopic (exact) mass is 352 g/mol. The Hall–Kier alpha value is -3.72. The lowest BCUT2D eigenvalue weighted by Gasteiger charge is -2.07. The third-order valence-electron chi connectivity index (χ3n) is 4.25. The van der Waals surface area contributed by atoms with Crippen LogP contribution in [0.3, 0.4) is 0 Å². The van der Waals surface area contributed by atoms with Crippen molar-refractivity contribution in [1.82, 2.24) is 0 Å². The predicted molar refractivity (Wildman–Crippen MR) is 114 cm³/mol. The van der Waals surface area contributed by atoms with Crippen LogP contribution in [-0.4, -0.2) is 0 Å². The van der Waals surface area contributed by atoms with Crippen molar-refractivity contribution in [3.8, 4) is 0 Å². The molecule has 0 spiro atoms. The zero-order valence-electron chi connectivity index (χ0n) is 14.8. The van der Waals surface area contributed by atoms with Gasteiger partial charge in [0, 0.05) is 16.8 Å². The lowest BCUT2D eigenvalue weighted by molar-refractivity contribution is 0.669. The summed E-state index contributed by atoms with van der Waals surface area (Å²) in [5.41, 5.74) is 10.2. The summed E-state index contributed by atoms with van der Waals surface area (Å²) in [7, 11) is 0. The Kier molecular flexibility index (Phi) is 4.75. The Morgan fingerprint density at radius 1 is 0.593 bits per heavy atom. The van der Waals surface area contributed by atoms with Crippen LogP contribution >= 0.6 is 0 Å². The van der Waals surface area contributed by atoms with Gasteiger partial charge in [0.15, 0.2) is 0 Å². The molecule has 0 bridgehead atoms. The third kappa shape index (κ3) is 3.77. The molecule has 0 saturated heterocycles. The lowest BCUT2D eigenvalue weighted by atomic mass is 10.1. The van der Waals surface area contributed by atoms with Crippen LogP contribution in [0.4, 0.5) is 17.1 Å². The highest BCUT2D eigenvalue weighted by molar-refractivity contribution is 6.11. The van der Waals surface area contributed by atoms with E-state index < -0.39 is 0 Å². The Balaban J connectivity index is 0.000000218. The molecule has 1 aromatic heterocycles. The Labute approximate surface area is 158 Å². The molecular formula is C24H20N2O. The van der Waals surface area contributed by atoms with Crippen molar-refractivity contribution < 1.29 is 4.42 Å². The van der Waals surface area contributed by atoms with Gasteiger partial charge in [-0.1, -0.05) is 60.7 Å². The fourth-order valence-electron chi connectivity index (χ4n) is 3.01. The van der Waals surface area contributed by atoms with E-state index in [0.29, 0.717) is 0 Å². The molecule has 5 rings (SSSR count). The van der Waals surface area contributed by atoms with Crippen LogP contribution in [0.1, 0.15) is 0 Å². The van der Waals surface area contributed by atoms with Crippen molar-refractivity contribution in [2.24, 2.45) is 0 Å². The average molecular weight is 352 g/mol. The van der Waals surface area contributed by atoms with E-state index in [-0.39, 0.29) is 0 Å². The number of furan rings is 1. The van der Waals surface area contributed by atoms with Crippen molar-refractivity contribution in [3.63, 3.8) is 0 Å². The number of benzene rings is 4. The molecule has 3 N–H and O–H groups in total. The third-order valence-corrected chi connectivity index (χ3v) is 4.25. The molecule has 5 aromatic rings. The maximum absolute atomic E-state index is 5.89. The van der Waals surface area contributed by atoms with E-state index in [1.807, 2.05) is 78.9 Å². The first-order valence-electron chi connectivity index (χ1n) is 8.84. The molecule has 0 aliphatic rings. The van der Waals surface area contributed by atoms with Gasteiger partial charge >= 0.3 is 0 Å². The van der Waals surface area contributed by atoms with Gasteiger partial charge in [0.1, 0.15) is 11.2 Å². The second-order valence-corrected chi connectivity index (χ2v) is 6.18. The molecule has 27 heavy (non-hydrogen) atoms. The van der Waals surface area contributed by atoms with Gasteiger partial charge in [-0.15, -0.1) is 0 Å². The molecule has 0 radical (unpaired) electrons. The van der Waals surface area contributed by atoms with Crippen LogP contribution < -0.4 is 11.1 Å². The number of nitrogens with two attached hydrogens (primary N) is 1. The molecule has 0 amide bonds. The summed E-state index contributed by atoms with van der Waals surface area (Å²) in [6.07, 6.45) is 0. The number of rotatable bonds is 2. The highest BCUT2D eigenvalue weighted by atomic mass is 16.3. The van der Waals surface area contributed by atoms with Gasteiger partial charge in [-0.2, -0.15) is 0 Å². The summed E-state index contributed by atoms with van der Waals surface area (Å²) < 4.78 is 5.89. The summed E-state index contributed by atoms with van der Waals surface area (Å²) in [5, 5.41) is 5.74. The second kappa shape index (κ2) is 7.67. The number of para-hydroxylation sites is 3. The Bertz CT molecular complexity index is 1150. The van der Waals surface area contributed by atoms with Crippen LogP contribution in [0, 0.1) is 0 Å². The van der Waals surface area contributed by atoms with Gasteiger partial charge in [0.2, 0.25) is 0 Å². The van der Waals surface area contributed by atoms with Gasteiger partial charge in [-0.25, -0.2) is 0 Å². The van der Waals surface area contributed by atoms with E-state index in [2.05, 4.69) is 29.6 Å². The minimum absolute atomic E-state index is 0.822. The number of fused-ring (bicyclic) bond motifs is 3. The zero-order chi connectivity index (χ0) is 18.5. The van der Waals surface area contributed by atoms with Crippen molar-refractivity contribution in [2.75, 3.05) is 11.1 Å². The Morgan fingerprint density at radius 3 is 1.93 bits per heavy atom. The molecule has 4 aromatic carbocycles. The molecule has 3 heteroatoms. The standard InChI is InChI=1S/C18H13NO.C6H7N/c1-2-7-13(8-3-1)19-15-10-6-12-17-18(15)14-9-4-5-11-16(14)20-17;7-6-4-2-1-3-5-6/h1-12,19H;1-5H,7H2. The fourth-order valence-corrected chi connectivity index (χ4v) is 3.01. The largest absolute Gasteiger partial charge is 0.456 e. The number of hydrogen-bond donors (Lipinski definition) is 2. The minimum Gasteiger partial charge on any atom is -0.456 e. The van der Waals surface area contributed by atoms with Gasteiger partial charge in [-0.3, -0.25) is 0 Å². The maximum Gasteiger partial charge on any atom is 0.137 e. The molecule has 132 valence electrons. The fraction of sp³-hybridized carbons (Fsp3) is 0. The average Bonchev–Trinajstić information content (AvgIpc) is 3.09. The first-order valence-corrected chi connectivity index (χ1v) is 8.84. The van der Waals surface area contributed by atoms with E-state index in [9.17, 15) is 0 Å². The molecule has 0 fully saturated rings. The van der Waals surface area contributed by atoms with Crippen molar-refractivity contribution in [3.05, 3.63) is 103 Å². The smallest absolute Gasteiger partial charge is 0.137 e. The van der Waals surface area contributed by atoms with E-state index in [1.165, 1.54) is 0 Å². The van der Waals surface area contributed by atoms with E-state index in [1.54, 1.807) is 0 Å². The summed E-state index contributed by atoms with van der Waals surface area (Å²) in [5.74, 6) is 0. The topological polar surface area (TPSA) is 51.2 Å².